The van der Waals surface area contributed by atoms with Gasteiger partial charge in [-0.1, -0.05) is 12.6 Å². The maximum Gasteiger partial charge on any atom is 0.319 e. The lowest BCUT2D eigenvalue weighted by atomic mass is 9.41. The third kappa shape index (κ3) is 4.69. The predicted molar refractivity (Wildman–Crippen MR) is 123 cm³/mol. The van der Waals surface area contributed by atoms with E-state index in [-0.39, 0.29) is 43.6 Å². The number of hydrogen-bond donors (Lipinski definition) is 1. The number of fused-ring (bicyclic) bond motifs is 1. The predicted octanol–water partition coefficient (Wildman–Crippen LogP) is 3.67. The summed E-state index contributed by atoms with van der Waals surface area (Å²) in [5.41, 5.74) is 6.01. The number of ether oxygens (including phenoxy) is 2. The number of esters is 1. The lowest BCUT2D eigenvalue weighted by molar-refractivity contribution is -0.142. The van der Waals surface area contributed by atoms with E-state index in [0.717, 1.165) is 42.2 Å². The molecule has 2 amide bonds. The lowest BCUT2D eigenvalue weighted by Crippen LogP contribution is -2.38. The number of benzene rings is 1. The Morgan fingerprint density at radius 2 is 2.18 bits per heavy atom. The van der Waals surface area contributed by atoms with Crippen LogP contribution in [-0.2, 0) is 14.3 Å². The average molecular weight is 454 g/mol. The Kier molecular flexibility index (Phi) is 6.61. The third-order valence-electron chi connectivity index (χ3n) is 6.85. The van der Waals surface area contributed by atoms with E-state index in [4.69, 9.17) is 20.5 Å². The van der Waals surface area contributed by atoms with E-state index < -0.39 is 17.8 Å². The quantitative estimate of drug-likeness (QED) is 0.529. The fourth-order valence-corrected chi connectivity index (χ4v) is 5.10. The van der Waals surface area contributed by atoms with Gasteiger partial charge < -0.3 is 19.8 Å². The van der Waals surface area contributed by atoms with Gasteiger partial charge in [-0.15, -0.1) is 0 Å². The zero-order valence-corrected chi connectivity index (χ0v) is 18.8. The molecular weight excluding hydrogens is 426 g/mol. The molecule has 2 aliphatic rings. The van der Waals surface area contributed by atoms with Crippen molar-refractivity contribution in [3.05, 3.63) is 30.2 Å². The molecule has 0 aliphatic carbocycles. The fraction of sp³-hybridized carbons (Fsp3) is 0.522. The maximum atomic E-state index is 15.1. The van der Waals surface area contributed by atoms with E-state index >= 15 is 4.39 Å². The van der Waals surface area contributed by atoms with Gasteiger partial charge in [-0.25, -0.2) is 14.4 Å². The number of carbonyl (C=O) groups excluding carboxylic acids is 2. The molecule has 8 nitrogen and oxygen atoms in total. The molecule has 0 bridgehead atoms. The number of anilines is 1. The van der Waals surface area contributed by atoms with Crippen molar-refractivity contribution in [3.63, 3.8) is 0 Å². The van der Waals surface area contributed by atoms with Gasteiger partial charge in [-0.05, 0) is 38.3 Å². The molecule has 174 valence electrons. The zero-order chi connectivity index (χ0) is 23.6. The summed E-state index contributed by atoms with van der Waals surface area (Å²) in [4.78, 5) is 24.7. The van der Waals surface area contributed by atoms with Crippen LogP contribution in [0.4, 0.5) is 14.9 Å². The topological polar surface area (TPSA) is 111 Å². The van der Waals surface area contributed by atoms with Crippen LogP contribution in [0.5, 0.6) is 0 Å². The Hall–Kier alpha value is -3.06. The molecule has 0 saturated carbocycles. The zero-order valence-electron chi connectivity index (χ0n) is 18.8. The Balaban J connectivity index is 1.54. The van der Waals surface area contributed by atoms with Gasteiger partial charge in [0.1, 0.15) is 5.82 Å². The molecule has 1 spiro atoms. The van der Waals surface area contributed by atoms with E-state index in [1.165, 1.54) is 6.07 Å². The van der Waals surface area contributed by atoms with Crippen molar-refractivity contribution in [1.29, 1.82) is 5.26 Å². The van der Waals surface area contributed by atoms with Gasteiger partial charge in [0.15, 0.2) is 0 Å². The molecule has 2 aliphatic heterocycles. The highest BCUT2D eigenvalue weighted by Gasteiger charge is 2.44. The minimum absolute atomic E-state index is 0.0333. The summed E-state index contributed by atoms with van der Waals surface area (Å²) in [7, 11) is 0. The number of aromatic nitrogens is 1. The molecule has 4 rings (SSSR count). The molecule has 1 atom stereocenters. The van der Waals surface area contributed by atoms with Crippen LogP contribution in [0.15, 0.2) is 24.4 Å². The third-order valence-corrected chi connectivity index (χ3v) is 6.85. The van der Waals surface area contributed by atoms with Crippen LogP contribution in [0.3, 0.4) is 0 Å². The highest BCUT2D eigenvalue weighted by atomic mass is 19.1. The van der Waals surface area contributed by atoms with E-state index in [0.29, 0.717) is 12.1 Å². The molecule has 2 saturated heterocycles. The second-order valence-electron chi connectivity index (χ2n) is 8.89. The van der Waals surface area contributed by atoms with Crippen LogP contribution < -0.4 is 10.6 Å². The number of carbonyl (C=O) groups is 2. The summed E-state index contributed by atoms with van der Waals surface area (Å²) in [5.74, 6) is 1.29. The molecular formula is C23H28BFN4O4. The van der Waals surface area contributed by atoms with Gasteiger partial charge in [0, 0.05) is 30.2 Å². The van der Waals surface area contributed by atoms with Crippen LogP contribution in [0.2, 0.25) is 12.6 Å². The van der Waals surface area contributed by atoms with Gasteiger partial charge >= 0.3 is 12.0 Å². The van der Waals surface area contributed by atoms with Crippen molar-refractivity contribution in [1.82, 2.24) is 4.57 Å². The number of nitrogens with zero attached hydrogens (tertiary/aromatic N) is 3. The first-order chi connectivity index (χ1) is 15.9. The minimum Gasteiger partial charge on any atom is -0.466 e. The number of amides is 2. The highest BCUT2D eigenvalue weighted by molar-refractivity contribution is 6.67. The van der Waals surface area contributed by atoms with E-state index in [2.05, 4.69) is 5.97 Å². The number of nitriles is 1. The Labute approximate surface area is 192 Å². The molecule has 33 heavy (non-hydrogen) atoms. The molecule has 2 aromatic rings. The number of primary amides is 1. The maximum absolute atomic E-state index is 15.1. The number of halogens is 1. The fourth-order valence-electron chi connectivity index (χ4n) is 5.10. The van der Waals surface area contributed by atoms with Crippen molar-refractivity contribution >= 4 is 35.3 Å². The summed E-state index contributed by atoms with van der Waals surface area (Å²) < 4.78 is 28.3. The van der Waals surface area contributed by atoms with Gasteiger partial charge in [-0.2, -0.15) is 0 Å². The van der Waals surface area contributed by atoms with Crippen LogP contribution in [0.1, 0.15) is 38.6 Å². The van der Waals surface area contributed by atoms with Crippen LogP contribution in [-0.4, -0.2) is 48.6 Å². The average Bonchev–Trinajstić information content (AvgIpc) is 3.38. The minimum atomic E-state index is -0.837. The van der Waals surface area contributed by atoms with Gasteiger partial charge in [0.2, 0.25) is 0 Å². The smallest absolute Gasteiger partial charge is 0.319 e. The second kappa shape index (κ2) is 9.44. The summed E-state index contributed by atoms with van der Waals surface area (Å²) in [5, 5.41) is 9.93. The molecule has 3 heterocycles. The van der Waals surface area contributed by atoms with Crippen molar-refractivity contribution in [2.75, 3.05) is 24.7 Å². The highest BCUT2D eigenvalue weighted by Crippen LogP contribution is 2.44. The number of hydrogen-bond acceptors (Lipinski definition) is 5. The Morgan fingerprint density at radius 1 is 1.42 bits per heavy atom. The van der Waals surface area contributed by atoms with Crippen molar-refractivity contribution < 1.29 is 23.5 Å². The molecule has 2 fully saturated rings. The van der Waals surface area contributed by atoms with Crippen molar-refractivity contribution in [2.45, 2.75) is 56.9 Å². The Morgan fingerprint density at radius 3 is 2.85 bits per heavy atom. The molecule has 1 aromatic carbocycles. The van der Waals surface area contributed by atoms with Gasteiger partial charge in [-0.3, -0.25) is 9.69 Å². The van der Waals surface area contributed by atoms with Crippen LogP contribution >= 0.6 is 0 Å². The van der Waals surface area contributed by atoms with Crippen molar-refractivity contribution in [2.24, 2.45) is 5.73 Å². The number of rotatable bonds is 6. The monoisotopic (exact) mass is 454 g/mol. The summed E-state index contributed by atoms with van der Waals surface area (Å²) >= 11 is 0. The van der Waals surface area contributed by atoms with Gasteiger partial charge in [0.25, 0.3) is 6.71 Å². The number of urea groups is 1. The van der Waals surface area contributed by atoms with Crippen LogP contribution in [0.25, 0.3) is 10.9 Å². The Bertz CT molecular complexity index is 1090. The molecule has 10 heteroatoms. The molecule has 0 radical (unpaired) electrons. The number of nitrogens with two attached hydrogens (primary N) is 1. The first-order valence-corrected chi connectivity index (χ1v) is 11.4. The lowest BCUT2D eigenvalue weighted by Gasteiger charge is -2.33. The molecule has 1 unspecified atom stereocenters. The first kappa shape index (κ1) is 23.1. The summed E-state index contributed by atoms with van der Waals surface area (Å²) in [6.07, 6.45) is 6.09. The molecule has 1 aromatic heterocycles. The normalized spacial score (nSPS) is 19.5. The summed E-state index contributed by atoms with van der Waals surface area (Å²) in [6, 6.07) is 4.10. The van der Waals surface area contributed by atoms with Gasteiger partial charge in [0.05, 0.1) is 42.5 Å². The van der Waals surface area contributed by atoms with E-state index in [1.54, 1.807) is 13.0 Å². The first-order valence-electron chi connectivity index (χ1n) is 11.4. The van der Waals surface area contributed by atoms with E-state index in [9.17, 15) is 9.59 Å². The van der Waals surface area contributed by atoms with E-state index in [1.807, 2.05) is 16.8 Å². The largest absolute Gasteiger partial charge is 0.466 e. The standard InChI is InChI=1S/C23H28BFN4O4/c1-2-32-21(30)4-10-29(22(27)31)20-11-16-3-9-28(19(16)12-18(20)25)17-13-23(33-14-17)5-7-24(15-26)8-6-23/h3,9,11-12,17H,2,4-8,10,13-14H2,1H3,(H2,27,31). The van der Waals surface area contributed by atoms with Crippen LogP contribution in [0, 0.1) is 17.0 Å². The van der Waals surface area contributed by atoms with Crippen molar-refractivity contribution in [3.8, 4) is 5.97 Å². The summed E-state index contributed by atoms with van der Waals surface area (Å²) in [6.45, 7) is 2.50. The SMILES string of the molecule is CCOC(=O)CCN(C(N)=O)c1cc2ccn(C3COC4(CCB(C#N)CC4)C3)c2cc1F. The molecule has 2 N–H and O–H groups in total. The second-order valence-corrected chi connectivity index (χ2v) is 8.89.